The first-order valence-electron chi connectivity index (χ1n) is 6.92. The summed E-state index contributed by atoms with van der Waals surface area (Å²) in [5.74, 6) is 0.710. The van der Waals surface area contributed by atoms with Gasteiger partial charge in [-0.3, -0.25) is 4.99 Å². The van der Waals surface area contributed by atoms with E-state index >= 15 is 0 Å². The zero-order valence-corrected chi connectivity index (χ0v) is 12.7. The van der Waals surface area contributed by atoms with Gasteiger partial charge in [0, 0.05) is 6.21 Å². The van der Waals surface area contributed by atoms with Crippen LogP contribution in [0.4, 0.5) is 0 Å². The number of hydrogen-bond acceptors (Lipinski definition) is 7. The lowest BCUT2D eigenvalue weighted by Gasteiger charge is -2.25. The average molecular weight is 313 g/mol. The van der Waals surface area contributed by atoms with Crippen LogP contribution < -0.4 is 4.74 Å². The van der Waals surface area contributed by atoms with Crippen LogP contribution in [0.25, 0.3) is 0 Å². The van der Waals surface area contributed by atoms with Gasteiger partial charge in [0.05, 0.1) is 26.4 Å². The molecule has 0 fully saturated rings. The van der Waals surface area contributed by atoms with Gasteiger partial charge in [-0.25, -0.2) is 0 Å². The summed E-state index contributed by atoms with van der Waals surface area (Å²) in [6.45, 7) is 0.583. The fraction of sp³-hybridized carbons (Fsp3) is 0.533. The minimum Gasteiger partial charge on any atom is -0.497 e. The topological polar surface area (TPSA) is 112 Å². The van der Waals surface area contributed by atoms with Crippen LogP contribution in [0.2, 0.25) is 0 Å². The maximum Gasteiger partial charge on any atom is 0.180 e. The zero-order chi connectivity index (χ0) is 16.5. The third-order valence-corrected chi connectivity index (χ3v) is 3.04. The summed E-state index contributed by atoms with van der Waals surface area (Å²) in [5, 5.41) is 37.5. The molecule has 0 aliphatic carbocycles. The minimum atomic E-state index is -1.45. The predicted molar refractivity (Wildman–Crippen MR) is 81.1 cm³/mol. The molecule has 2 unspecified atom stereocenters. The van der Waals surface area contributed by atoms with Gasteiger partial charge in [-0.15, -0.1) is 0 Å². The van der Waals surface area contributed by atoms with Gasteiger partial charge < -0.3 is 29.9 Å². The molecule has 0 saturated carbocycles. The molecular weight excluding hydrogens is 290 g/mol. The average Bonchev–Trinajstić information content (AvgIpc) is 2.53. The highest BCUT2D eigenvalue weighted by Crippen LogP contribution is 2.12. The number of methoxy groups -OCH3 is 1. The van der Waals surface area contributed by atoms with Gasteiger partial charge in [0.2, 0.25) is 0 Å². The van der Waals surface area contributed by atoms with Gasteiger partial charge in [0.15, 0.2) is 6.29 Å². The summed E-state index contributed by atoms with van der Waals surface area (Å²) in [7, 11) is 1.57. The first-order valence-corrected chi connectivity index (χ1v) is 6.92. The van der Waals surface area contributed by atoms with Crippen LogP contribution in [0.15, 0.2) is 29.3 Å². The molecule has 0 radical (unpaired) electrons. The Hall–Kier alpha value is -1.51. The molecular formula is C15H23NO6. The molecule has 0 saturated heterocycles. The Balaban J connectivity index is 2.75. The highest BCUT2D eigenvalue weighted by molar-refractivity contribution is 5.79. The molecule has 3 atom stereocenters. The van der Waals surface area contributed by atoms with Crippen molar-refractivity contribution in [2.45, 2.75) is 31.5 Å². The Morgan fingerprint density at radius 3 is 2.18 bits per heavy atom. The van der Waals surface area contributed by atoms with Crippen molar-refractivity contribution in [3.8, 4) is 5.75 Å². The predicted octanol–water partition coefficient (Wildman–Crippen LogP) is -0.448. The lowest BCUT2D eigenvalue weighted by Crippen LogP contribution is -2.40. The lowest BCUT2D eigenvalue weighted by atomic mass is 10.1. The molecule has 7 nitrogen and oxygen atoms in total. The van der Waals surface area contributed by atoms with Gasteiger partial charge in [-0.1, -0.05) is 0 Å². The first kappa shape index (κ1) is 18.5. The maximum atomic E-state index is 9.93. The minimum absolute atomic E-state index is 0.442. The molecule has 0 spiro atoms. The Morgan fingerprint density at radius 2 is 1.73 bits per heavy atom. The Kier molecular flexibility index (Phi) is 8.00. The molecule has 1 aromatic rings. The van der Waals surface area contributed by atoms with E-state index < -0.39 is 37.8 Å². The van der Waals surface area contributed by atoms with Crippen molar-refractivity contribution in [2.75, 3.05) is 20.3 Å². The zero-order valence-electron chi connectivity index (χ0n) is 12.7. The number of ether oxygens (including phenoxy) is 2. The number of rotatable bonds is 9. The van der Waals surface area contributed by atoms with Crippen LogP contribution >= 0.6 is 0 Å². The summed E-state index contributed by atoms with van der Waals surface area (Å²) in [4.78, 5) is 4.12. The van der Waals surface area contributed by atoms with E-state index in [1.165, 1.54) is 13.1 Å². The molecule has 22 heavy (non-hydrogen) atoms. The second kappa shape index (κ2) is 9.50. The van der Waals surface area contributed by atoms with Crippen molar-refractivity contribution >= 4 is 6.21 Å². The molecule has 0 heterocycles. The highest BCUT2D eigenvalue weighted by atomic mass is 16.6. The molecule has 0 aliphatic heterocycles. The van der Waals surface area contributed by atoms with Crippen molar-refractivity contribution in [1.29, 1.82) is 0 Å². The normalized spacial score (nSPS) is 16.0. The smallest absolute Gasteiger partial charge is 0.180 e. The fourth-order valence-corrected chi connectivity index (χ4v) is 1.72. The van der Waals surface area contributed by atoms with E-state index in [4.69, 9.17) is 19.7 Å². The van der Waals surface area contributed by atoms with E-state index in [1.54, 1.807) is 31.4 Å². The SMILES string of the molecule is COc1ccc(/C=N/C(C(C)O)[C@H](O)OC(CO)CO)cc1. The summed E-state index contributed by atoms with van der Waals surface area (Å²) >= 11 is 0. The summed E-state index contributed by atoms with van der Waals surface area (Å²) in [5.41, 5.74) is 0.763. The first-order chi connectivity index (χ1) is 10.5. The molecule has 1 aromatic carbocycles. The van der Waals surface area contributed by atoms with Crippen LogP contribution in [-0.2, 0) is 4.74 Å². The Bertz CT molecular complexity index is 444. The van der Waals surface area contributed by atoms with Gasteiger partial charge in [0.25, 0.3) is 0 Å². The van der Waals surface area contributed by atoms with Gasteiger partial charge in [-0.05, 0) is 36.8 Å². The third kappa shape index (κ3) is 5.70. The number of aliphatic hydroxyl groups excluding tert-OH is 4. The fourth-order valence-electron chi connectivity index (χ4n) is 1.72. The van der Waals surface area contributed by atoms with Crippen molar-refractivity contribution in [2.24, 2.45) is 4.99 Å². The summed E-state index contributed by atoms with van der Waals surface area (Å²) in [6, 6.07) is 6.14. The van der Waals surface area contributed by atoms with Crippen molar-refractivity contribution in [3.05, 3.63) is 29.8 Å². The van der Waals surface area contributed by atoms with Crippen molar-refractivity contribution < 1.29 is 29.9 Å². The van der Waals surface area contributed by atoms with E-state index in [2.05, 4.69) is 4.99 Å². The number of aliphatic hydroxyl groups is 4. The van der Waals surface area contributed by atoms with Crippen LogP contribution in [0.3, 0.4) is 0 Å². The number of benzene rings is 1. The van der Waals surface area contributed by atoms with Crippen LogP contribution in [0.5, 0.6) is 5.75 Å². The standard InChI is InChI=1S/C15H23NO6/c1-10(19)14(15(20)22-13(8-17)9-18)16-7-11-3-5-12(21-2)6-4-11/h3-7,10,13-15,17-20H,8-9H2,1-2H3/b16-7+/t10?,14?,15-/m1/s1. The van der Waals surface area contributed by atoms with Crippen LogP contribution in [0.1, 0.15) is 12.5 Å². The molecule has 124 valence electrons. The van der Waals surface area contributed by atoms with Gasteiger partial charge in [0.1, 0.15) is 17.9 Å². The van der Waals surface area contributed by atoms with E-state index in [9.17, 15) is 10.2 Å². The quantitative estimate of drug-likeness (QED) is 0.363. The number of aliphatic imine (C=N–C) groups is 1. The third-order valence-electron chi connectivity index (χ3n) is 3.04. The highest BCUT2D eigenvalue weighted by Gasteiger charge is 2.26. The second-order valence-corrected chi connectivity index (χ2v) is 4.80. The largest absolute Gasteiger partial charge is 0.497 e. The monoisotopic (exact) mass is 313 g/mol. The Labute approximate surface area is 129 Å². The Morgan fingerprint density at radius 1 is 1.14 bits per heavy atom. The lowest BCUT2D eigenvalue weighted by molar-refractivity contribution is -0.177. The van der Waals surface area contributed by atoms with E-state index in [0.717, 1.165) is 5.56 Å². The molecule has 1 rings (SSSR count). The summed E-state index contributed by atoms with van der Waals surface area (Å²) in [6.07, 6.45) is -1.84. The molecule has 0 aromatic heterocycles. The van der Waals surface area contributed by atoms with E-state index in [0.29, 0.717) is 5.75 Å². The summed E-state index contributed by atoms with van der Waals surface area (Å²) < 4.78 is 10.1. The second-order valence-electron chi connectivity index (χ2n) is 4.80. The molecule has 0 amide bonds. The van der Waals surface area contributed by atoms with Crippen LogP contribution in [0, 0.1) is 0 Å². The molecule has 0 bridgehead atoms. The van der Waals surface area contributed by atoms with E-state index in [1.807, 2.05) is 0 Å². The molecule has 0 aliphatic rings. The number of hydrogen-bond donors (Lipinski definition) is 4. The van der Waals surface area contributed by atoms with Gasteiger partial charge in [-0.2, -0.15) is 0 Å². The van der Waals surface area contributed by atoms with Crippen LogP contribution in [-0.4, -0.2) is 71.5 Å². The maximum absolute atomic E-state index is 9.93. The molecule has 4 N–H and O–H groups in total. The van der Waals surface area contributed by atoms with Crippen molar-refractivity contribution in [1.82, 2.24) is 0 Å². The van der Waals surface area contributed by atoms with Gasteiger partial charge >= 0.3 is 0 Å². The molecule has 7 heteroatoms. The van der Waals surface area contributed by atoms with E-state index in [-0.39, 0.29) is 0 Å². The number of nitrogens with zero attached hydrogens (tertiary/aromatic N) is 1. The van der Waals surface area contributed by atoms with Crippen molar-refractivity contribution in [3.63, 3.8) is 0 Å².